The Hall–Kier alpha value is -3.80. The second-order valence-electron chi connectivity index (χ2n) is 10.2. The molecule has 0 spiro atoms. The quantitative estimate of drug-likeness (QED) is 0.207. The van der Waals surface area contributed by atoms with Crippen molar-refractivity contribution in [3.63, 3.8) is 0 Å². The molecule has 0 heterocycles. The Balaban J connectivity index is 2.99. The summed E-state index contributed by atoms with van der Waals surface area (Å²) in [6, 6.07) is 7.16. The van der Waals surface area contributed by atoms with E-state index in [1.165, 1.54) is 40.1 Å². The molecule has 0 aromatic heterocycles. The number of carbonyl (C=O) groups excluding carboxylic acids is 2. The molecular formula is C32H40N2O4. The van der Waals surface area contributed by atoms with Crippen LogP contribution in [0.25, 0.3) is 0 Å². The number of aliphatic hydroxyl groups excluding tert-OH is 2. The zero-order valence-corrected chi connectivity index (χ0v) is 24.2. The predicted octanol–water partition coefficient (Wildman–Crippen LogP) is 7.30. The number of allylic oxidation sites excluding steroid dienone is 4. The smallest absolute Gasteiger partial charge is 0.164 e. The summed E-state index contributed by atoms with van der Waals surface area (Å²) in [5, 5.41) is 20.3. The Kier molecular flexibility index (Phi) is 10.1. The van der Waals surface area contributed by atoms with Crippen molar-refractivity contribution in [2.45, 2.75) is 81.3 Å². The summed E-state index contributed by atoms with van der Waals surface area (Å²) < 4.78 is 0. The van der Waals surface area contributed by atoms with Crippen LogP contribution in [0.3, 0.4) is 0 Å². The van der Waals surface area contributed by atoms with Gasteiger partial charge in [0.15, 0.2) is 11.6 Å². The first-order chi connectivity index (χ1) is 17.6. The van der Waals surface area contributed by atoms with Crippen molar-refractivity contribution in [1.29, 1.82) is 0 Å². The topological polar surface area (TPSA) is 99.3 Å². The van der Waals surface area contributed by atoms with Gasteiger partial charge in [-0.1, -0.05) is 29.8 Å². The zero-order valence-electron chi connectivity index (χ0n) is 24.2. The minimum Gasteiger partial charge on any atom is -0.512 e. The highest BCUT2D eigenvalue weighted by Crippen LogP contribution is 2.41. The third-order valence-corrected chi connectivity index (χ3v) is 6.80. The molecule has 2 aromatic carbocycles. The number of aliphatic hydroxyl groups is 2. The van der Waals surface area contributed by atoms with Gasteiger partial charge in [-0.2, -0.15) is 0 Å². The summed E-state index contributed by atoms with van der Waals surface area (Å²) >= 11 is 0. The van der Waals surface area contributed by atoms with Crippen molar-refractivity contribution in [2.24, 2.45) is 9.98 Å². The highest BCUT2D eigenvalue weighted by Gasteiger charge is 2.29. The lowest BCUT2D eigenvalue weighted by molar-refractivity contribution is -0.114. The van der Waals surface area contributed by atoms with E-state index < -0.39 is 12.1 Å². The number of nitrogens with zero attached hydrogens (tertiary/aromatic N) is 2. The van der Waals surface area contributed by atoms with Crippen LogP contribution in [0.4, 0.5) is 0 Å². The van der Waals surface area contributed by atoms with Gasteiger partial charge in [0.25, 0.3) is 0 Å². The number of hydrogen-bond acceptors (Lipinski definition) is 6. The van der Waals surface area contributed by atoms with E-state index in [9.17, 15) is 19.8 Å². The van der Waals surface area contributed by atoms with Crippen LogP contribution in [-0.2, 0) is 9.59 Å². The van der Waals surface area contributed by atoms with Crippen LogP contribution in [-0.4, -0.2) is 34.2 Å². The maximum atomic E-state index is 12.2. The van der Waals surface area contributed by atoms with E-state index in [1.54, 1.807) is 0 Å². The van der Waals surface area contributed by atoms with Crippen LogP contribution in [0.5, 0.6) is 0 Å². The second-order valence-corrected chi connectivity index (χ2v) is 10.2. The average Bonchev–Trinajstić information content (AvgIpc) is 2.77. The van der Waals surface area contributed by atoms with Gasteiger partial charge in [0.05, 0.1) is 11.1 Å². The monoisotopic (exact) mass is 516 g/mol. The van der Waals surface area contributed by atoms with Crippen molar-refractivity contribution in [1.82, 2.24) is 0 Å². The fraction of sp³-hybridized carbons (Fsp3) is 0.375. The molecule has 0 bridgehead atoms. The molecule has 0 saturated heterocycles. The molecule has 0 aliphatic heterocycles. The Labute approximate surface area is 226 Å². The summed E-state index contributed by atoms with van der Waals surface area (Å²) in [4.78, 5) is 34.2. The van der Waals surface area contributed by atoms with Crippen molar-refractivity contribution in [2.75, 3.05) is 0 Å². The molecule has 2 aromatic rings. The predicted molar refractivity (Wildman–Crippen MR) is 156 cm³/mol. The van der Waals surface area contributed by atoms with Gasteiger partial charge in [-0.15, -0.1) is 0 Å². The fourth-order valence-electron chi connectivity index (χ4n) is 4.79. The van der Waals surface area contributed by atoms with Gasteiger partial charge in [0, 0.05) is 12.4 Å². The van der Waals surface area contributed by atoms with Crippen molar-refractivity contribution in [3.05, 3.63) is 91.4 Å². The molecule has 6 nitrogen and oxygen atoms in total. The largest absolute Gasteiger partial charge is 0.512 e. The zero-order chi connectivity index (χ0) is 28.9. The first kappa shape index (κ1) is 30.4. The first-order valence-corrected chi connectivity index (χ1v) is 12.7. The number of rotatable bonds is 9. The lowest BCUT2D eigenvalue weighted by atomic mass is 9.85. The summed E-state index contributed by atoms with van der Waals surface area (Å²) in [5.41, 5.74) is 8.47. The molecule has 0 amide bonds. The SMILES string of the molecule is CC(=O)/C(C=NC(c1cc(C)c(C)cc1C)C(N=C/C(C(C)=O)=C(/C)O)c1c(C)cc(C)cc1C)=C(\C)O. The molecule has 0 fully saturated rings. The van der Waals surface area contributed by atoms with E-state index in [2.05, 4.69) is 24.3 Å². The standard InChI is InChI=1S/C32H40N2O4/c1-17-11-21(5)30(22(6)12-17)32(34-16-29(25(9)37)26(10)38)31(33-15-28(23(7)35)24(8)36)27-14-19(3)18(2)13-20(27)4/h11-16,31-32,35,37H,1-10H3/b28-23+,29-25+,33-15?,34-16?. The van der Waals surface area contributed by atoms with E-state index >= 15 is 0 Å². The van der Waals surface area contributed by atoms with E-state index in [1.807, 2.05) is 41.5 Å². The van der Waals surface area contributed by atoms with Gasteiger partial charge >= 0.3 is 0 Å². The molecular weight excluding hydrogens is 476 g/mol. The number of Topliss-reactive ketones (excluding diaryl/α,β-unsaturated/α-hetero) is 2. The van der Waals surface area contributed by atoms with E-state index in [0.717, 1.165) is 44.5 Å². The lowest BCUT2D eigenvalue weighted by Crippen LogP contribution is -2.15. The Morgan fingerprint density at radius 2 is 1.05 bits per heavy atom. The molecule has 0 aliphatic rings. The van der Waals surface area contributed by atoms with Gasteiger partial charge in [-0.05, 0) is 108 Å². The summed E-state index contributed by atoms with van der Waals surface area (Å²) in [6.07, 6.45) is 2.83. The molecule has 0 aliphatic carbocycles. The first-order valence-electron chi connectivity index (χ1n) is 12.7. The van der Waals surface area contributed by atoms with E-state index in [0.29, 0.717) is 0 Å². The van der Waals surface area contributed by atoms with Gasteiger partial charge in [-0.25, -0.2) is 0 Å². The molecule has 2 rings (SSSR count). The number of aryl methyl sites for hydroxylation is 6. The van der Waals surface area contributed by atoms with Crippen LogP contribution in [0, 0.1) is 41.5 Å². The molecule has 38 heavy (non-hydrogen) atoms. The molecule has 0 saturated carbocycles. The van der Waals surface area contributed by atoms with Gasteiger partial charge in [-0.3, -0.25) is 19.6 Å². The van der Waals surface area contributed by atoms with Crippen molar-refractivity contribution in [3.8, 4) is 0 Å². The maximum Gasteiger partial charge on any atom is 0.164 e. The Bertz CT molecular complexity index is 1350. The van der Waals surface area contributed by atoms with Gasteiger partial charge in [0.2, 0.25) is 0 Å². The van der Waals surface area contributed by atoms with Crippen molar-refractivity contribution >= 4 is 24.0 Å². The molecule has 2 N–H and O–H groups in total. The number of aliphatic imine (C=N–C) groups is 2. The number of hydrogen-bond donors (Lipinski definition) is 2. The summed E-state index contributed by atoms with van der Waals surface area (Å²) in [6.45, 7) is 17.8. The number of carbonyl (C=O) groups is 2. The number of ketones is 2. The molecule has 2 atom stereocenters. The fourth-order valence-corrected chi connectivity index (χ4v) is 4.79. The van der Waals surface area contributed by atoms with Gasteiger partial charge < -0.3 is 10.2 Å². The van der Waals surface area contributed by atoms with E-state index in [4.69, 9.17) is 9.98 Å². The highest BCUT2D eigenvalue weighted by atomic mass is 16.3. The number of benzene rings is 2. The maximum absolute atomic E-state index is 12.2. The normalized spacial score (nSPS) is 14.9. The average molecular weight is 517 g/mol. The summed E-state index contributed by atoms with van der Waals surface area (Å²) in [7, 11) is 0. The van der Waals surface area contributed by atoms with Crippen LogP contribution in [0.2, 0.25) is 0 Å². The van der Waals surface area contributed by atoms with E-state index in [-0.39, 0.29) is 34.2 Å². The second kappa shape index (κ2) is 12.6. The van der Waals surface area contributed by atoms with Crippen LogP contribution in [0.1, 0.15) is 84.3 Å². The third kappa shape index (κ3) is 7.15. The van der Waals surface area contributed by atoms with Crippen LogP contribution in [0.15, 0.2) is 56.9 Å². The molecule has 6 heteroatoms. The van der Waals surface area contributed by atoms with Crippen molar-refractivity contribution < 1.29 is 19.8 Å². The summed E-state index contributed by atoms with van der Waals surface area (Å²) in [5.74, 6) is -0.829. The lowest BCUT2D eigenvalue weighted by Gasteiger charge is -2.27. The third-order valence-electron chi connectivity index (χ3n) is 6.80. The Morgan fingerprint density at radius 3 is 1.47 bits per heavy atom. The van der Waals surface area contributed by atoms with Gasteiger partial charge in [0.1, 0.15) is 23.6 Å². The minimum atomic E-state index is -0.591. The Morgan fingerprint density at radius 1 is 0.632 bits per heavy atom. The molecule has 0 radical (unpaired) electrons. The van der Waals surface area contributed by atoms with Crippen LogP contribution >= 0.6 is 0 Å². The molecule has 202 valence electrons. The molecule has 2 unspecified atom stereocenters. The van der Waals surface area contributed by atoms with Crippen LogP contribution < -0.4 is 0 Å². The highest BCUT2D eigenvalue weighted by molar-refractivity contribution is 6.13. The minimum absolute atomic E-state index is 0.113.